The first-order chi connectivity index (χ1) is 15.6. The number of nitrogens with zero attached hydrogens (tertiary/aromatic N) is 1. The molecule has 2 N–H and O–H groups in total. The first kappa shape index (κ1) is 24.1. The first-order valence-electron chi connectivity index (χ1n) is 9.83. The van der Waals surface area contributed by atoms with E-state index in [4.69, 9.17) is 9.47 Å². The monoisotopic (exact) mass is 470 g/mol. The van der Waals surface area contributed by atoms with Gasteiger partial charge in [0, 0.05) is 6.07 Å². The summed E-state index contributed by atoms with van der Waals surface area (Å²) >= 11 is 0. The van der Waals surface area contributed by atoms with Gasteiger partial charge >= 0.3 is 16.3 Å². The fraction of sp³-hybridized carbons (Fsp3) is 0.167. The SMILES string of the molecule is [CH2]c1ccc(C(CC(=O)O)(c2ccccc2)N(c2ccc(OC)cc2OC)S(=O)(=O)O)cc1. The van der Waals surface area contributed by atoms with E-state index in [-0.39, 0.29) is 11.4 Å². The van der Waals surface area contributed by atoms with E-state index in [1.54, 1.807) is 54.6 Å². The van der Waals surface area contributed by atoms with E-state index in [1.807, 2.05) is 0 Å². The van der Waals surface area contributed by atoms with E-state index >= 15 is 0 Å². The molecule has 0 saturated carbocycles. The van der Waals surface area contributed by atoms with Crippen LogP contribution in [0.3, 0.4) is 0 Å². The van der Waals surface area contributed by atoms with Crippen LogP contribution in [0.4, 0.5) is 5.69 Å². The smallest absolute Gasteiger partial charge is 0.361 e. The van der Waals surface area contributed by atoms with Gasteiger partial charge in [-0.15, -0.1) is 0 Å². The Morgan fingerprint density at radius 1 is 0.970 bits per heavy atom. The molecule has 0 spiro atoms. The highest BCUT2D eigenvalue weighted by Crippen LogP contribution is 2.47. The average molecular weight is 471 g/mol. The number of rotatable bonds is 9. The van der Waals surface area contributed by atoms with Crippen molar-refractivity contribution in [1.29, 1.82) is 0 Å². The first-order valence-corrected chi connectivity index (χ1v) is 11.2. The lowest BCUT2D eigenvalue weighted by molar-refractivity contribution is -0.138. The zero-order chi connectivity index (χ0) is 24.2. The summed E-state index contributed by atoms with van der Waals surface area (Å²) in [7, 11) is -2.28. The topological polar surface area (TPSA) is 113 Å². The quantitative estimate of drug-likeness (QED) is 0.456. The van der Waals surface area contributed by atoms with Gasteiger partial charge in [0.2, 0.25) is 0 Å². The van der Waals surface area contributed by atoms with Crippen LogP contribution in [0.25, 0.3) is 0 Å². The normalized spacial score (nSPS) is 13.1. The number of anilines is 1. The van der Waals surface area contributed by atoms with Gasteiger partial charge < -0.3 is 14.6 Å². The van der Waals surface area contributed by atoms with Crippen LogP contribution >= 0.6 is 0 Å². The van der Waals surface area contributed by atoms with E-state index < -0.39 is 28.2 Å². The second-order valence-electron chi connectivity index (χ2n) is 7.27. The largest absolute Gasteiger partial charge is 0.497 e. The molecule has 0 aromatic heterocycles. The van der Waals surface area contributed by atoms with E-state index in [2.05, 4.69) is 6.92 Å². The molecule has 9 heteroatoms. The summed E-state index contributed by atoms with van der Waals surface area (Å²) in [6.07, 6.45) is -0.692. The summed E-state index contributed by atoms with van der Waals surface area (Å²) in [4.78, 5) is 12.2. The number of methoxy groups -OCH3 is 2. The summed E-state index contributed by atoms with van der Waals surface area (Å²) in [5.74, 6) is -0.832. The number of hydrogen-bond acceptors (Lipinski definition) is 5. The molecular formula is C24H24NO7S. The van der Waals surface area contributed by atoms with Crippen molar-refractivity contribution in [2.24, 2.45) is 0 Å². The van der Waals surface area contributed by atoms with Crippen LogP contribution < -0.4 is 13.8 Å². The lowest BCUT2D eigenvalue weighted by Gasteiger charge is -2.43. The van der Waals surface area contributed by atoms with Crippen LogP contribution in [-0.4, -0.2) is 38.3 Å². The molecule has 0 fully saturated rings. The molecule has 1 radical (unpaired) electrons. The number of carboxylic acids is 1. The minimum Gasteiger partial charge on any atom is -0.497 e. The maximum Gasteiger partial charge on any atom is 0.361 e. The zero-order valence-corrected chi connectivity index (χ0v) is 19.0. The van der Waals surface area contributed by atoms with E-state index in [0.29, 0.717) is 26.7 Å². The standard InChI is InChI=1S/C24H24NO7S/c1-17-9-11-19(12-10-17)24(16-23(26)27,18-7-5-4-6-8-18)25(33(28,29)30)21-14-13-20(31-2)15-22(21)32-3/h4-15H,1,16H2,2-3H3,(H,26,27)(H,28,29,30). The number of ether oxygens (including phenoxy) is 2. The Morgan fingerprint density at radius 2 is 1.58 bits per heavy atom. The molecule has 33 heavy (non-hydrogen) atoms. The molecule has 0 aliphatic rings. The minimum absolute atomic E-state index is 0.0615. The van der Waals surface area contributed by atoms with Crippen molar-refractivity contribution >= 4 is 22.0 Å². The van der Waals surface area contributed by atoms with Crippen LogP contribution in [0, 0.1) is 6.92 Å². The third-order valence-electron chi connectivity index (χ3n) is 5.27. The van der Waals surface area contributed by atoms with Crippen molar-refractivity contribution in [1.82, 2.24) is 0 Å². The Kier molecular flexibility index (Phi) is 6.95. The van der Waals surface area contributed by atoms with Gasteiger partial charge in [-0.3, -0.25) is 9.35 Å². The Balaban J connectivity index is 2.49. The average Bonchev–Trinajstić information content (AvgIpc) is 2.78. The van der Waals surface area contributed by atoms with Crippen molar-refractivity contribution in [3.63, 3.8) is 0 Å². The zero-order valence-electron chi connectivity index (χ0n) is 18.1. The van der Waals surface area contributed by atoms with Gasteiger partial charge in [0.15, 0.2) is 0 Å². The number of benzene rings is 3. The highest BCUT2D eigenvalue weighted by atomic mass is 32.2. The molecule has 0 saturated heterocycles. The van der Waals surface area contributed by atoms with Gasteiger partial charge in [0.1, 0.15) is 17.0 Å². The molecule has 8 nitrogen and oxygen atoms in total. The van der Waals surface area contributed by atoms with Gasteiger partial charge in [-0.1, -0.05) is 54.6 Å². The second-order valence-corrected chi connectivity index (χ2v) is 8.53. The number of carboxylic acid groups (broad SMARTS) is 1. The summed E-state index contributed by atoms with van der Waals surface area (Å²) in [6.45, 7) is 3.84. The highest BCUT2D eigenvalue weighted by Gasteiger charge is 2.49. The molecule has 173 valence electrons. The van der Waals surface area contributed by atoms with Crippen LogP contribution in [0.2, 0.25) is 0 Å². The Labute approximate surface area is 192 Å². The Bertz CT molecular complexity index is 1230. The van der Waals surface area contributed by atoms with Gasteiger partial charge in [-0.2, -0.15) is 8.42 Å². The maximum absolute atomic E-state index is 13.0. The van der Waals surface area contributed by atoms with Crippen LogP contribution in [0.15, 0.2) is 72.8 Å². The third-order valence-corrected chi connectivity index (χ3v) is 6.24. The molecule has 3 aromatic rings. The predicted molar refractivity (Wildman–Crippen MR) is 124 cm³/mol. The molecule has 0 heterocycles. The molecule has 1 unspecified atom stereocenters. The van der Waals surface area contributed by atoms with Crippen molar-refractivity contribution in [2.45, 2.75) is 12.0 Å². The molecule has 1 atom stereocenters. The fourth-order valence-corrected chi connectivity index (χ4v) is 4.94. The molecule has 3 rings (SSSR count). The Hall–Kier alpha value is -3.56. The highest BCUT2D eigenvalue weighted by molar-refractivity contribution is 7.87. The van der Waals surface area contributed by atoms with Crippen molar-refractivity contribution in [3.8, 4) is 11.5 Å². The van der Waals surface area contributed by atoms with E-state index in [0.717, 1.165) is 0 Å². The van der Waals surface area contributed by atoms with Crippen LogP contribution in [-0.2, 0) is 20.6 Å². The summed E-state index contributed by atoms with van der Waals surface area (Å²) < 4.78 is 47.8. The molecule has 0 aliphatic carbocycles. The van der Waals surface area contributed by atoms with Crippen molar-refractivity contribution in [2.75, 3.05) is 18.5 Å². The molecular weight excluding hydrogens is 446 g/mol. The lowest BCUT2D eigenvalue weighted by atomic mass is 9.79. The van der Waals surface area contributed by atoms with Crippen LogP contribution in [0.1, 0.15) is 23.1 Å². The van der Waals surface area contributed by atoms with E-state index in [9.17, 15) is 22.9 Å². The number of aliphatic carboxylic acids is 1. The van der Waals surface area contributed by atoms with Gasteiger partial charge in [-0.05, 0) is 35.7 Å². The molecule has 0 amide bonds. The van der Waals surface area contributed by atoms with Crippen molar-refractivity contribution < 1.29 is 32.3 Å². The van der Waals surface area contributed by atoms with Gasteiger partial charge in [0.05, 0.1) is 26.3 Å². The second kappa shape index (κ2) is 9.51. The maximum atomic E-state index is 13.0. The number of hydrogen-bond donors (Lipinski definition) is 2. The van der Waals surface area contributed by atoms with Crippen LogP contribution in [0.5, 0.6) is 11.5 Å². The van der Waals surface area contributed by atoms with Gasteiger partial charge in [0.25, 0.3) is 0 Å². The predicted octanol–water partition coefficient (Wildman–Crippen LogP) is 3.91. The summed E-state index contributed by atoms with van der Waals surface area (Å²) in [5, 5.41) is 9.93. The molecule has 3 aromatic carbocycles. The van der Waals surface area contributed by atoms with E-state index in [1.165, 1.54) is 32.4 Å². The Morgan fingerprint density at radius 3 is 2.09 bits per heavy atom. The summed E-state index contributed by atoms with van der Waals surface area (Å²) in [5.41, 5.74) is -0.629. The lowest BCUT2D eigenvalue weighted by Crippen LogP contribution is -2.52. The third kappa shape index (κ3) is 4.79. The molecule has 0 bridgehead atoms. The van der Waals surface area contributed by atoms with Crippen molar-refractivity contribution in [3.05, 3.63) is 96.4 Å². The number of carbonyl (C=O) groups is 1. The minimum atomic E-state index is -5.05. The molecule has 0 aliphatic heterocycles. The van der Waals surface area contributed by atoms with Gasteiger partial charge in [-0.25, -0.2) is 4.31 Å². The fourth-order valence-electron chi connectivity index (χ4n) is 3.87. The summed E-state index contributed by atoms with van der Waals surface area (Å²) in [6, 6.07) is 19.0.